The number of carbonyl (C=O) groups is 2. The Morgan fingerprint density at radius 1 is 1.45 bits per heavy atom. The van der Waals surface area contributed by atoms with Crippen molar-refractivity contribution >= 4 is 23.2 Å². The molecule has 0 spiro atoms. The van der Waals surface area contributed by atoms with Crippen LogP contribution in [0.1, 0.15) is 16.8 Å². The number of nitrogens with two attached hydrogens (primary N) is 1. The molecule has 1 aliphatic heterocycles. The summed E-state index contributed by atoms with van der Waals surface area (Å²) in [6.07, 6.45) is 0.647. The molecular formula is C12H14N4O4. The van der Waals surface area contributed by atoms with Crippen molar-refractivity contribution in [2.24, 2.45) is 0 Å². The summed E-state index contributed by atoms with van der Waals surface area (Å²) in [7, 11) is 0. The number of rotatable bonds is 2. The maximum atomic E-state index is 12.3. The molecule has 2 rings (SSSR count). The minimum Gasteiger partial charge on any atom is -0.393 e. The molecule has 1 aromatic carbocycles. The molecule has 106 valence electrons. The van der Waals surface area contributed by atoms with E-state index in [0.29, 0.717) is 19.5 Å². The predicted octanol–water partition coefficient (Wildman–Crippen LogP) is 0.139. The summed E-state index contributed by atoms with van der Waals surface area (Å²) in [6, 6.07) is 3.89. The highest BCUT2D eigenvalue weighted by Gasteiger charge is 2.23. The van der Waals surface area contributed by atoms with Crippen molar-refractivity contribution in [1.29, 1.82) is 0 Å². The first kappa shape index (κ1) is 13.8. The summed E-state index contributed by atoms with van der Waals surface area (Å²) in [5.74, 6) is -0.647. The van der Waals surface area contributed by atoms with E-state index in [9.17, 15) is 19.7 Å². The number of nitro groups is 1. The third kappa shape index (κ3) is 2.85. The molecule has 3 N–H and O–H groups in total. The Kier molecular flexibility index (Phi) is 3.83. The normalized spacial score (nSPS) is 15.4. The first-order valence-electron chi connectivity index (χ1n) is 6.09. The van der Waals surface area contributed by atoms with Crippen LogP contribution in [0.5, 0.6) is 0 Å². The molecule has 0 aliphatic carbocycles. The van der Waals surface area contributed by atoms with Gasteiger partial charge in [0.1, 0.15) is 5.69 Å². The van der Waals surface area contributed by atoms with Gasteiger partial charge in [0.05, 0.1) is 11.5 Å². The average molecular weight is 278 g/mol. The third-order valence-corrected chi connectivity index (χ3v) is 3.02. The van der Waals surface area contributed by atoms with Crippen LogP contribution in [0.3, 0.4) is 0 Å². The van der Waals surface area contributed by atoms with Gasteiger partial charge in [-0.3, -0.25) is 19.7 Å². The lowest BCUT2D eigenvalue weighted by atomic mass is 10.1. The zero-order valence-corrected chi connectivity index (χ0v) is 10.7. The molecule has 20 heavy (non-hydrogen) atoms. The highest BCUT2D eigenvalue weighted by atomic mass is 16.6. The fourth-order valence-corrected chi connectivity index (χ4v) is 2.00. The van der Waals surface area contributed by atoms with Crippen molar-refractivity contribution in [2.45, 2.75) is 6.42 Å². The second-order valence-corrected chi connectivity index (χ2v) is 4.46. The fourth-order valence-electron chi connectivity index (χ4n) is 2.00. The van der Waals surface area contributed by atoms with Crippen molar-refractivity contribution in [3.8, 4) is 0 Å². The Bertz CT molecular complexity index is 573. The van der Waals surface area contributed by atoms with Crippen LogP contribution in [0.2, 0.25) is 0 Å². The number of benzene rings is 1. The monoisotopic (exact) mass is 278 g/mol. The second kappa shape index (κ2) is 5.55. The summed E-state index contributed by atoms with van der Waals surface area (Å²) in [5, 5.41) is 13.5. The van der Waals surface area contributed by atoms with Crippen molar-refractivity contribution in [1.82, 2.24) is 10.2 Å². The molecule has 1 aliphatic rings. The Balaban J connectivity index is 2.26. The number of amides is 2. The molecule has 8 nitrogen and oxygen atoms in total. The summed E-state index contributed by atoms with van der Waals surface area (Å²) in [5.41, 5.74) is 5.33. The standard InChI is InChI=1S/C12H14N4O4/c13-9-3-2-8(6-10(9)16(19)20)12(18)15-5-1-4-14-11(17)7-15/h2-3,6H,1,4-5,7,13H2,(H,14,17). The van der Waals surface area contributed by atoms with Crippen LogP contribution in [0, 0.1) is 10.1 Å². The van der Waals surface area contributed by atoms with Crippen LogP contribution in [-0.4, -0.2) is 41.3 Å². The van der Waals surface area contributed by atoms with E-state index >= 15 is 0 Å². The average Bonchev–Trinajstić information content (AvgIpc) is 2.63. The van der Waals surface area contributed by atoms with Crippen molar-refractivity contribution in [3.05, 3.63) is 33.9 Å². The van der Waals surface area contributed by atoms with E-state index in [2.05, 4.69) is 5.32 Å². The van der Waals surface area contributed by atoms with Crippen LogP contribution < -0.4 is 11.1 Å². The lowest BCUT2D eigenvalue weighted by Crippen LogP contribution is -2.37. The molecular weight excluding hydrogens is 264 g/mol. The zero-order chi connectivity index (χ0) is 14.7. The lowest BCUT2D eigenvalue weighted by molar-refractivity contribution is -0.383. The van der Waals surface area contributed by atoms with Crippen molar-refractivity contribution in [3.63, 3.8) is 0 Å². The number of hydrogen-bond donors (Lipinski definition) is 2. The minimum absolute atomic E-state index is 0.000148. The Morgan fingerprint density at radius 2 is 2.20 bits per heavy atom. The van der Waals surface area contributed by atoms with E-state index in [-0.39, 0.29) is 29.4 Å². The number of nitrogens with one attached hydrogen (secondary N) is 1. The molecule has 1 fully saturated rings. The van der Waals surface area contributed by atoms with Gasteiger partial charge in [-0.15, -0.1) is 0 Å². The number of carbonyl (C=O) groups excluding carboxylic acids is 2. The quantitative estimate of drug-likeness (QED) is 0.453. The van der Waals surface area contributed by atoms with Gasteiger partial charge in [0.2, 0.25) is 5.91 Å². The SMILES string of the molecule is Nc1ccc(C(=O)N2CCCNC(=O)C2)cc1[N+](=O)[O-]. The predicted molar refractivity (Wildman–Crippen MR) is 71.0 cm³/mol. The van der Waals surface area contributed by atoms with Gasteiger partial charge in [-0.1, -0.05) is 0 Å². The third-order valence-electron chi connectivity index (χ3n) is 3.02. The highest BCUT2D eigenvalue weighted by Crippen LogP contribution is 2.23. The maximum absolute atomic E-state index is 12.3. The highest BCUT2D eigenvalue weighted by molar-refractivity contribution is 5.97. The number of nitrogens with zero attached hydrogens (tertiary/aromatic N) is 2. The van der Waals surface area contributed by atoms with Gasteiger partial charge < -0.3 is 16.0 Å². The molecule has 1 aromatic rings. The second-order valence-electron chi connectivity index (χ2n) is 4.46. The van der Waals surface area contributed by atoms with E-state index in [1.807, 2.05) is 0 Å². The van der Waals surface area contributed by atoms with Gasteiger partial charge in [0, 0.05) is 24.7 Å². The van der Waals surface area contributed by atoms with Crippen LogP contribution in [-0.2, 0) is 4.79 Å². The first-order chi connectivity index (χ1) is 9.49. The van der Waals surface area contributed by atoms with E-state index in [1.165, 1.54) is 17.0 Å². The van der Waals surface area contributed by atoms with Crippen LogP contribution in [0.25, 0.3) is 0 Å². The minimum atomic E-state index is -0.638. The molecule has 0 saturated carbocycles. The van der Waals surface area contributed by atoms with Gasteiger partial charge in [-0.25, -0.2) is 0 Å². The molecule has 0 unspecified atom stereocenters. The Labute approximate surface area is 114 Å². The summed E-state index contributed by atoms with van der Waals surface area (Å²) in [4.78, 5) is 35.2. The van der Waals surface area contributed by atoms with E-state index < -0.39 is 10.8 Å². The van der Waals surface area contributed by atoms with Crippen molar-refractivity contribution < 1.29 is 14.5 Å². The fraction of sp³-hybridized carbons (Fsp3) is 0.333. The molecule has 1 saturated heterocycles. The number of anilines is 1. The number of nitro benzene ring substituents is 1. The van der Waals surface area contributed by atoms with Crippen molar-refractivity contribution in [2.75, 3.05) is 25.4 Å². The molecule has 0 atom stereocenters. The van der Waals surface area contributed by atoms with Gasteiger partial charge in [0.15, 0.2) is 0 Å². The van der Waals surface area contributed by atoms with Crippen LogP contribution >= 0.6 is 0 Å². The summed E-state index contributed by atoms with van der Waals surface area (Å²) in [6.45, 7) is 0.900. The van der Waals surface area contributed by atoms with E-state index in [0.717, 1.165) is 6.07 Å². The van der Waals surface area contributed by atoms with E-state index in [4.69, 9.17) is 5.73 Å². The lowest BCUT2D eigenvalue weighted by Gasteiger charge is -2.18. The van der Waals surface area contributed by atoms with Crippen LogP contribution in [0.4, 0.5) is 11.4 Å². The smallest absolute Gasteiger partial charge is 0.292 e. The number of nitrogen functional groups attached to an aromatic ring is 1. The summed E-state index contributed by atoms with van der Waals surface area (Å²) >= 11 is 0. The molecule has 0 radical (unpaired) electrons. The first-order valence-corrected chi connectivity index (χ1v) is 6.09. The largest absolute Gasteiger partial charge is 0.393 e. The molecule has 8 heteroatoms. The molecule has 0 bridgehead atoms. The Morgan fingerprint density at radius 3 is 2.90 bits per heavy atom. The molecule has 2 amide bonds. The van der Waals surface area contributed by atoms with Gasteiger partial charge in [0.25, 0.3) is 11.6 Å². The zero-order valence-electron chi connectivity index (χ0n) is 10.7. The topological polar surface area (TPSA) is 119 Å². The van der Waals surface area contributed by atoms with Crippen LogP contribution in [0.15, 0.2) is 18.2 Å². The van der Waals surface area contributed by atoms with Gasteiger partial charge >= 0.3 is 0 Å². The molecule has 0 aromatic heterocycles. The number of hydrogen-bond acceptors (Lipinski definition) is 5. The molecule has 1 heterocycles. The van der Waals surface area contributed by atoms with Gasteiger partial charge in [-0.05, 0) is 18.6 Å². The Hall–Kier alpha value is -2.64. The maximum Gasteiger partial charge on any atom is 0.292 e. The summed E-state index contributed by atoms with van der Waals surface area (Å²) < 4.78 is 0. The van der Waals surface area contributed by atoms with E-state index in [1.54, 1.807) is 0 Å². The van der Waals surface area contributed by atoms with Gasteiger partial charge in [-0.2, -0.15) is 0 Å².